The van der Waals surface area contributed by atoms with Crippen molar-refractivity contribution in [2.24, 2.45) is 5.10 Å². The van der Waals surface area contributed by atoms with E-state index in [9.17, 15) is 15.2 Å². The lowest BCUT2D eigenvalue weighted by Crippen LogP contribution is -2.11. The van der Waals surface area contributed by atoms with Gasteiger partial charge in [0.15, 0.2) is 0 Å². The third-order valence-corrected chi connectivity index (χ3v) is 4.70. The highest BCUT2D eigenvalue weighted by Crippen LogP contribution is 2.20. The van der Waals surface area contributed by atoms with Crippen LogP contribution >= 0.6 is 0 Å². The number of hydrogen-bond donors (Lipinski definition) is 2. The van der Waals surface area contributed by atoms with Gasteiger partial charge in [0.05, 0.1) is 16.8 Å². The van der Waals surface area contributed by atoms with Gasteiger partial charge in [-0.05, 0) is 44.5 Å². The second-order valence-electron chi connectivity index (χ2n) is 7.46. The van der Waals surface area contributed by atoms with Gasteiger partial charge in [-0.2, -0.15) is 25.2 Å². The highest BCUT2D eigenvalue weighted by Gasteiger charge is 2.12. The number of aryl methyl sites for hydroxylation is 3. The number of hydrazone groups is 1. The van der Waals surface area contributed by atoms with Gasteiger partial charge in [0, 0.05) is 23.5 Å². The Hall–Kier alpha value is -4.87. The van der Waals surface area contributed by atoms with Crippen LogP contribution in [0.5, 0.6) is 5.75 Å². The van der Waals surface area contributed by atoms with E-state index in [1.807, 2.05) is 51.1 Å². The van der Waals surface area contributed by atoms with E-state index in [1.54, 1.807) is 4.68 Å². The number of nitrogens with zero attached hydrogens (tertiary/aromatic N) is 7. The molecule has 2 N–H and O–H groups in total. The molecule has 0 aliphatic carbocycles. The SMILES string of the molecule is Cc1ccc(Nc2nc(N/N=C\c3cc([N+](=O)[O-])ccc3[O-])nc(-n3nc(C)cc3C)n2)cc1. The second kappa shape index (κ2) is 9.32. The molecule has 0 saturated carbocycles. The third kappa shape index (κ3) is 5.12. The molecule has 2 heterocycles. The highest BCUT2D eigenvalue weighted by atomic mass is 16.6. The van der Waals surface area contributed by atoms with E-state index < -0.39 is 10.7 Å². The smallest absolute Gasteiger partial charge is 0.270 e. The van der Waals surface area contributed by atoms with Gasteiger partial charge in [0.1, 0.15) is 0 Å². The maximum atomic E-state index is 12.0. The van der Waals surface area contributed by atoms with Gasteiger partial charge in [-0.15, -0.1) is 0 Å². The summed E-state index contributed by atoms with van der Waals surface area (Å²) in [6.07, 6.45) is 1.18. The predicted octanol–water partition coefficient (Wildman–Crippen LogP) is 3.15. The normalized spacial score (nSPS) is 11.0. The summed E-state index contributed by atoms with van der Waals surface area (Å²) in [6.45, 7) is 5.72. The molecular weight excluding hydrogens is 438 g/mol. The van der Waals surface area contributed by atoms with Crippen LogP contribution in [-0.2, 0) is 0 Å². The fourth-order valence-corrected chi connectivity index (χ4v) is 3.07. The molecule has 0 unspecified atom stereocenters. The first kappa shape index (κ1) is 22.3. The molecule has 172 valence electrons. The van der Waals surface area contributed by atoms with Gasteiger partial charge >= 0.3 is 0 Å². The van der Waals surface area contributed by atoms with Crippen LogP contribution in [-0.4, -0.2) is 35.9 Å². The van der Waals surface area contributed by atoms with Crippen LogP contribution in [0.15, 0.2) is 53.6 Å². The van der Waals surface area contributed by atoms with Crippen molar-refractivity contribution >= 4 is 29.5 Å². The Labute approximate surface area is 194 Å². The van der Waals surface area contributed by atoms with Crippen molar-refractivity contribution in [3.05, 3.63) is 81.2 Å². The number of nitro benzene ring substituents is 1. The molecule has 0 spiro atoms. The predicted molar refractivity (Wildman–Crippen MR) is 125 cm³/mol. The molecule has 0 bridgehead atoms. The number of rotatable bonds is 7. The second-order valence-corrected chi connectivity index (χ2v) is 7.46. The molecule has 2 aromatic carbocycles. The van der Waals surface area contributed by atoms with Crippen LogP contribution in [0.1, 0.15) is 22.5 Å². The van der Waals surface area contributed by atoms with Gasteiger partial charge in [0.2, 0.25) is 11.9 Å². The summed E-state index contributed by atoms with van der Waals surface area (Å²) in [5.74, 6) is 0.185. The zero-order chi connectivity index (χ0) is 24.2. The fraction of sp³-hybridized carbons (Fsp3) is 0.136. The van der Waals surface area contributed by atoms with Gasteiger partial charge in [-0.25, -0.2) is 10.1 Å². The van der Waals surface area contributed by atoms with Crippen molar-refractivity contribution in [1.82, 2.24) is 24.7 Å². The summed E-state index contributed by atoms with van der Waals surface area (Å²) in [7, 11) is 0. The monoisotopic (exact) mass is 458 g/mol. The molecule has 0 amide bonds. The molecule has 4 rings (SSSR count). The molecule has 34 heavy (non-hydrogen) atoms. The number of nitro groups is 1. The minimum Gasteiger partial charge on any atom is -0.872 e. The van der Waals surface area contributed by atoms with Gasteiger partial charge in [-0.1, -0.05) is 29.5 Å². The first-order chi connectivity index (χ1) is 16.3. The molecule has 0 fully saturated rings. The maximum absolute atomic E-state index is 12.0. The van der Waals surface area contributed by atoms with Gasteiger partial charge in [0.25, 0.3) is 11.6 Å². The van der Waals surface area contributed by atoms with E-state index >= 15 is 0 Å². The maximum Gasteiger partial charge on any atom is 0.270 e. The van der Waals surface area contributed by atoms with E-state index in [0.717, 1.165) is 40.8 Å². The Morgan fingerprint density at radius 3 is 2.41 bits per heavy atom. The van der Waals surface area contributed by atoms with E-state index in [1.165, 1.54) is 6.21 Å². The topological polar surface area (TPSA) is 159 Å². The number of anilines is 3. The first-order valence-corrected chi connectivity index (χ1v) is 10.2. The molecule has 4 aromatic rings. The highest BCUT2D eigenvalue weighted by molar-refractivity contribution is 5.84. The van der Waals surface area contributed by atoms with Crippen molar-refractivity contribution in [3.8, 4) is 11.7 Å². The summed E-state index contributed by atoms with van der Waals surface area (Å²) in [5, 5.41) is 34.5. The standard InChI is InChI=1S/C22H21N9O3/c1-13-4-6-17(7-5-13)24-20-25-21(27-22(26-20)30-15(3)10-14(2)29-30)28-23-12-16-11-18(31(33)34)8-9-19(16)32/h4-12,32H,1-3H3,(H2,24,25,26,27,28)/p-1/b23-12-. The Kier molecular flexibility index (Phi) is 6.12. The van der Waals surface area contributed by atoms with Gasteiger partial charge < -0.3 is 10.4 Å². The summed E-state index contributed by atoms with van der Waals surface area (Å²) < 4.78 is 1.57. The largest absolute Gasteiger partial charge is 0.872 e. The van der Waals surface area contributed by atoms with Crippen LogP contribution < -0.4 is 15.8 Å². The van der Waals surface area contributed by atoms with E-state index in [0.29, 0.717) is 0 Å². The van der Waals surface area contributed by atoms with Gasteiger partial charge in [-0.3, -0.25) is 10.1 Å². The van der Waals surface area contributed by atoms with Crippen LogP contribution in [0.2, 0.25) is 0 Å². The summed E-state index contributed by atoms with van der Waals surface area (Å²) in [6, 6.07) is 13.0. The number of nitrogens with one attached hydrogen (secondary N) is 2. The molecule has 12 nitrogen and oxygen atoms in total. The number of non-ortho nitro benzene ring substituents is 1. The molecular formula is C22H20N9O3-. The zero-order valence-corrected chi connectivity index (χ0v) is 18.6. The Morgan fingerprint density at radius 2 is 1.74 bits per heavy atom. The lowest BCUT2D eigenvalue weighted by Gasteiger charge is -2.10. The van der Waals surface area contributed by atoms with Crippen LogP contribution in [0.3, 0.4) is 0 Å². The Bertz CT molecular complexity index is 1380. The Morgan fingerprint density at radius 1 is 1.00 bits per heavy atom. The molecule has 2 aromatic heterocycles. The zero-order valence-electron chi connectivity index (χ0n) is 18.6. The summed E-state index contributed by atoms with van der Waals surface area (Å²) >= 11 is 0. The minimum absolute atomic E-state index is 0.0486. The average molecular weight is 458 g/mol. The average Bonchev–Trinajstić information content (AvgIpc) is 3.14. The van der Waals surface area contributed by atoms with Crippen molar-refractivity contribution in [3.63, 3.8) is 0 Å². The summed E-state index contributed by atoms with van der Waals surface area (Å²) in [5.41, 5.74) is 6.01. The number of hydrogen-bond acceptors (Lipinski definition) is 10. The van der Waals surface area contributed by atoms with E-state index in [4.69, 9.17) is 0 Å². The van der Waals surface area contributed by atoms with Crippen molar-refractivity contribution < 1.29 is 10.0 Å². The molecule has 0 aliphatic heterocycles. The van der Waals surface area contributed by atoms with Crippen molar-refractivity contribution in [2.45, 2.75) is 20.8 Å². The molecule has 12 heteroatoms. The molecule has 0 radical (unpaired) electrons. The summed E-state index contributed by atoms with van der Waals surface area (Å²) in [4.78, 5) is 23.5. The minimum atomic E-state index is -0.583. The quantitative estimate of drug-likeness (QED) is 0.241. The van der Waals surface area contributed by atoms with Crippen molar-refractivity contribution in [2.75, 3.05) is 10.7 Å². The molecule has 0 aliphatic rings. The first-order valence-electron chi connectivity index (χ1n) is 10.2. The fourth-order valence-electron chi connectivity index (χ4n) is 3.07. The molecule has 0 atom stereocenters. The number of aromatic nitrogens is 5. The van der Waals surface area contributed by atoms with Crippen LogP contribution in [0.25, 0.3) is 5.95 Å². The third-order valence-electron chi connectivity index (χ3n) is 4.70. The lowest BCUT2D eigenvalue weighted by atomic mass is 10.2. The van der Waals surface area contributed by atoms with E-state index in [2.05, 4.69) is 35.9 Å². The Balaban J connectivity index is 1.65. The van der Waals surface area contributed by atoms with Crippen molar-refractivity contribution in [1.29, 1.82) is 0 Å². The van der Waals surface area contributed by atoms with Crippen LogP contribution in [0.4, 0.5) is 23.3 Å². The van der Waals surface area contributed by atoms with Crippen LogP contribution in [0, 0.1) is 30.9 Å². The molecule has 0 saturated heterocycles. The number of benzene rings is 2. The van der Waals surface area contributed by atoms with E-state index in [-0.39, 0.29) is 29.1 Å². The lowest BCUT2D eigenvalue weighted by molar-refractivity contribution is -0.385.